The van der Waals surface area contributed by atoms with Crippen LogP contribution in [0.5, 0.6) is 11.5 Å². The van der Waals surface area contributed by atoms with E-state index in [1.807, 2.05) is 68.4 Å². The quantitative estimate of drug-likeness (QED) is 0.600. The summed E-state index contributed by atoms with van der Waals surface area (Å²) in [6, 6.07) is 17.5. The summed E-state index contributed by atoms with van der Waals surface area (Å²) in [6.07, 6.45) is 0.714. The van der Waals surface area contributed by atoms with Crippen LogP contribution >= 0.6 is 0 Å². The largest absolute Gasteiger partial charge is 0.457 e. The molecule has 0 N–H and O–H groups in total. The lowest BCUT2D eigenvalue weighted by molar-refractivity contribution is 0.139. The molecule has 25 heavy (non-hydrogen) atoms. The molecule has 1 heterocycles. The molecule has 0 spiro atoms. The van der Waals surface area contributed by atoms with Gasteiger partial charge < -0.3 is 14.0 Å². The van der Waals surface area contributed by atoms with Gasteiger partial charge in [-0.25, -0.2) is 0 Å². The lowest BCUT2D eigenvalue weighted by Gasteiger charge is -2.14. The molecule has 3 rings (SSSR count). The van der Waals surface area contributed by atoms with Gasteiger partial charge in [-0.05, 0) is 49.1 Å². The van der Waals surface area contributed by atoms with Crippen molar-refractivity contribution in [3.63, 3.8) is 0 Å². The Labute approximate surface area is 147 Å². The highest BCUT2D eigenvalue weighted by molar-refractivity contribution is 5.81. The minimum atomic E-state index is 0.0477. The molecule has 0 amide bonds. The number of hydrogen-bond acceptors (Lipinski definition) is 3. The molecule has 4 nitrogen and oxygen atoms in total. The molecule has 0 atom stereocenters. The van der Waals surface area contributed by atoms with E-state index in [1.165, 1.54) is 0 Å². The van der Waals surface area contributed by atoms with Crippen LogP contribution < -0.4 is 10.3 Å². The number of aryl methyl sites for hydroxylation is 1. The number of rotatable bonds is 7. The van der Waals surface area contributed by atoms with Crippen molar-refractivity contribution in [2.24, 2.45) is 0 Å². The number of para-hydroxylation sites is 1. The van der Waals surface area contributed by atoms with E-state index in [9.17, 15) is 4.79 Å². The van der Waals surface area contributed by atoms with Gasteiger partial charge in [-0.3, -0.25) is 4.79 Å². The monoisotopic (exact) mass is 337 g/mol. The lowest BCUT2D eigenvalue weighted by atomic mass is 10.1. The zero-order chi connectivity index (χ0) is 17.6. The highest BCUT2D eigenvalue weighted by Crippen LogP contribution is 2.25. The molecule has 130 valence electrons. The molecule has 0 saturated carbocycles. The van der Waals surface area contributed by atoms with Crippen LogP contribution in [-0.4, -0.2) is 17.8 Å². The Hall–Kier alpha value is -2.59. The van der Waals surface area contributed by atoms with Crippen molar-refractivity contribution in [3.8, 4) is 11.5 Å². The highest BCUT2D eigenvalue weighted by atomic mass is 16.5. The molecule has 0 radical (unpaired) electrons. The Morgan fingerprint density at radius 1 is 0.960 bits per heavy atom. The maximum atomic E-state index is 12.7. The van der Waals surface area contributed by atoms with Gasteiger partial charge in [-0.15, -0.1) is 0 Å². The topological polar surface area (TPSA) is 40.5 Å². The lowest BCUT2D eigenvalue weighted by Crippen LogP contribution is -2.25. The summed E-state index contributed by atoms with van der Waals surface area (Å²) in [6.45, 7) is 5.65. The molecule has 0 aliphatic heterocycles. The summed E-state index contributed by atoms with van der Waals surface area (Å²) in [5, 5.41) is 1.04. The number of nitrogens with zero attached hydrogens (tertiary/aromatic N) is 1. The molecule has 4 heteroatoms. The van der Waals surface area contributed by atoms with Gasteiger partial charge in [0.2, 0.25) is 0 Å². The third kappa shape index (κ3) is 3.91. The van der Waals surface area contributed by atoms with Crippen molar-refractivity contribution in [3.05, 3.63) is 70.5 Å². The van der Waals surface area contributed by atoms with E-state index in [1.54, 1.807) is 4.57 Å². The van der Waals surface area contributed by atoms with Crippen LogP contribution in [0, 0.1) is 0 Å². The second-order valence-electron chi connectivity index (χ2n) is 5.81. The highest BCUT2D eigenvalue weighted by Gasteiger charge is 2.10. The van der Waals surface area contributed by atoms with Crippen LogP contribution in [0.25, 0.3) is 10.9 Å². The SMILES string of the molecule is CCOCCn1c(=O)c(CC)cc2ccc(Oc3ccccc3)cc21. The van der Waals surface area contributed by atoms with Gasteiger partial charge in [-0.1, -0.05) is 25.1 Å². The number of ether oxygens (including phenoxy) is 2. The molecule has 2 aromatic carbocycles. The standard InChI is InChI=1S/C21H23NO3/c1-3-16-14-17-10-11-19(25-18-8-6-5-7-9-18)15-20(17)22(21(16)23)12-13-24-4-2/h5-11,14-15H,3-4,12-13H2,1-2H3. The molecule has 0 aliphatic rings. The van der Waals surface area contributed by atoms with Crippen LogP contribution in [0.1, 0.15) is 19.4 Å². The van der Waals surface area contributed by atoms with Gasteiger partial charge >= 0.3 is 0 Å². The molecular weight excluding hydrogens is 314 g/mol. The summed E-state index contributed by atoms with van der Waals surface area (Å²) in [4.78, 5) is 12.7. The fourth-order valence-electron chi connectivity index (χ4n) is 2.88. The van der Waals surface area contributed by atoms with E-state index in [0.29, 0.717) is 31.9 Å². The summed E-state index contributed by atoms with van der Waals surface area (Å²) in [7, 11) is 0. The van der Waals surface area contributed by atoms with Crippen LogP contribution in [0.15, 0.2) is 59.4 Å². The summed E-state index contributed by atoms with van der Waals surface area (Å²) >= 11 is 0. The van der Waals surface area contributed by atoms with Crippen LogP contribution in [0.2, 0.25) is 0 Å². The first kappa shape index (κ1) is 17.2. The zero-order valence-electron chi connectivity index (χ0n) is 14.7. The fraction of sp³-hybridized carbons (Fsp3) is 0.286. The predicted molar refractivity (Wildman–Crippen MR) is 101 cm³/mol. The first-order valence-electron chi connectivity index (χ1n) is 8.70. The third-order valence-corrected chi connectivity index (χ3v) is 4.17. The molecular formula is C21H23NO3. The zero-order valence-corrected chi connectivity index (χ0v) is 14.7. The van der Waals surface area contributed by atoms with E-state index < -0.39 is 0 Å². The minimum absolute atomic E-state index is 0.0477. The Kier molecular flexibility index (Phi) is 5.51. The van der Waals surface area contributed by atoms with E-state index in [4.69, 9.17) is 9.47 Å². The number of fused-ring (bicyclic) bond motifs is 1. The summed E-state index contributed by atoms with van der Waals surface area (Å²) in [5.74, 6) is 1.49. The number of benzene rings is 2. The second-order valence-corrected chi connectivity index (χ2v) is 5.81. The fourth-order valence-corrected chi connectivity index (χ4v) is 2.88. The van der Waals surface area contributed by atoms with Crippen LogP contribution in [0.3, 0.4) is 0 Å². The minimum Gasteiger partial charge on any atom is -0.457 e. The van der Waals surface area contributed by atoms with Crippen molar-refractivity contribution in [1.82, 2.24) is 4.57 Å². The summed E-state index contributed by atoms with van der Waals surface area (Å²) < 4.78 is 13.2. The van der Waals surface area contributed by atoms with Gasteiger partial charge in [0.25, 0.3) is 5.56 Å². The van der Waals surface area contributed by atoms with Crippen molar-refractivity contribution in [1.29, 1.82) is 0 Å². The maximum Gasteiger partial charge on any atom is 0.254 e. The molecule has 1 aromatic heterocycles. The van der Waals surface area contributed by atoms with Crippen LogP contribution in [-0.2, 0) is 17.7 Å². The first-order chi connectivity index (χ1) is 12.2. The van der Waals surface area contributed by atoms with E-state index >= 15 is 0 Å². The number of aromatic nitrogens is 1. The van der Waals surface area contributed by atoms with Crippen molar-refractivity contribution >= 4 is 10.9 Å². The van der Waals surface area contributed by atoms with E-state index in [-0.39, 0.29) is 5.56 Å². The Morgan fingerprint density at radius 3 is 2.48 bits per heavy atom. The van der Waals surface area contributed by atoms with Gasteiger partial charge in [-0.2, -0.15) is 0 Å². The number of pyridine rings is 1. The second kappa shape index (κ2) is 7.99. The Morgan fingerprint density at radius 2 is 1.76 bits per heavy atom. The predicted octanol–water partition coefficient (Wildman–Crippen LogP) is 4.39. The van der Waals surface area contributed by atoms with Crippen molar-refractivity contribution < 1.29 is 9.47 Å². The number of hydrogen-bond donors (Lipinski definition) is 0. The normalized spacial score (nSPS) is 11.0. The Balaban J connectivity index is 2.03. The third-order valence-electron chi connectivity index (χ3n) is 4.17. The molecule has 3 aromatic rings. The Bertz CT molecular complexity index is 900. The van der Waals surface area contributed by atoms with E-state index in [2.05, 4.69) is 0 Å². The van der Waals surface area contributed by atoms with Crippen LogP contribution in [0.4, 0.5) is 0 Å². The molecule has 0 unspecified atom stereocenters. The van der Waals surface area contributed by atoms with Crippen molar-refractivity contribution in [2.75, 3.05) is 13.2 Å². The summed E-state index contributed by atoms with van der Waals surface area (Å²) in [5.41, 5.74) is 1.74. The van der Waals surface area contributed by atoms with Gasteiger partial charge in [0.15, 0.2) is 0 Å². The van der Waals surface area contributed by atoms with Gasteiger partial charge in [0.1, 0.15) is 11.5 Å². The average molecular weight is 337 g/mol. The van der Waals surface area contributed by atoms with Gasteiger partial charge in [0.05, 0.1) is 12.1 Å². The molecule has 0 saturated heterocycles. The smallest absolute Gasteiger partial charge is 0.254 e. The van der Waals surface area contributed by atoms with Crippen molar-refractivity contribution in [2.45, 2.75) is 26.8 Å². The first-order valence-corrected chi connectivity index (χ1v) is 8.70. The maximum absolute atomic E-state index is 12.7. The molecule has 0 fully saturated rings. The van der Waals surface area contributed by atoms with Gasteiger partial charge in [0, 0.05) is 24.8 Å². The molecule has 0 bridgehead atoms. The van der Waals surface area contributed by atoms with E-state index in [0.717, 1.165) is 22.2 Å². The molecule has 0 aliphatic carbocycles. The average Bonchev–Trinajstić information content (AvgIpc) is 2.64.